The van der Waals surface area contributed by atoms with Crippen LogP contribution in [0.3, 0.4) is 0 Å². The topological polar surface area (TPSA) is 51.0 Å². The van der Waals surface area contributed by atoms with Gasteiger partial charge in [-0.2, -0.15) is 0 Å². The molecule has 1 aliphatic carbocycles. The number of ether oxygens (including phenoxy) is 2. The van der Waals surface area contributed by atoms with Crippen molar-refractivity contribution in [3.05, 3.63) is 53.1 Å². The minimum atomic E-state index is -0.261. The average molecular weight is 398 g/mol. The zero-order valence-corrected chi connectivity index (χ0v) is 17.5. The van der Waals surface area contributed by atoms with Crippen LogP contribution in [0.15, 0.2) is 46.3 Å². The Balaban J connectivity index is 1.88. The average Bonchev–Trinajstić information content (AvgIpc) is 2.73. The van der Waals surface area contributed by atoms with Gasteiger partial charge in [-0.25, -0.2) is 0 Å². The van der Waals surface area contributed by atoms with Gasteiger partial charge in [0.05, 0.1) is 31.6 Å². The maximum atomic E-state index is 10.3. The number of hydrogen-bond acceptors (Lipinski definition) is 5. The van der Waals surface area contributed by atoms with Gasteiger partial charge < -0.3 is 14.6 Å². The fraction of sp³-hybridized carbons (Fsp3) is 0.435. The summed E-state index contributed by atoms with van der Waals surface area (Å²) in [6, 6.07) is 12.9. The molecule has 0 saturated heterocycles. The van der Waals surface area contributed by atoms with E-state index in [2.05, 4.69) is 42.7 Å². The van der Waals surface area contributed by atoms with Crippen molar-refractivity contribution in [2.45, 2.75) is 49.1 Å². The predicted octanol–water partition coefficient (Wildman–Crippen LogP) is 4.66. The number of fused-ring (bicyclic) bond motifs is 3. The molecule has 1 N–H and O–H groups in total. The number of aliphatic hydroxyl groups excluding tert-OH is 1. The second kappa shape index (κ2) is 8.18. The molecule has 2 aromatic rings. The van der Waals surface area contributed by atoms with Gasteiger partial charge in [0, 0.05) is 21.9 Å². The largest absolute Gasteiger partial charge is 0.493 e. The fourth-order valence-electron chi connectivity index (χ4n) is 4.37. The van der Waals surface area contributed by atoms with Crippen molar-refractivity contribution in [2.75, 3.05) is 20.0 Å². The summed E-state index contributed by atoms with van der Waals surface area (Å²) in [5.41, 5.74) is 4.45. The number of aliphatic imine (C=N–C) groups is 1. The Bertz CT molecular complexity index is 895. The van der Waals surface area contributed by atoms with E-state index in [1.165, 1.54) is 10.5 Å². The second-order valence-corrected chi connectivity index (χ2v) is 8.25. The maximum Gasteiger partial charge on any atom is 0.161 e. The lowest BCUT2D eigenvalue weighted by Gasteiger charge is -2.37. The zero-order chi connectivity index (χ0) is 19.7. The Kier molecular flexibility index (Phi) is 5.65. The lowest BCUT2D eigenvalue weighted by atomic mass is 9.74. The summed E-state index contributed by atoms with van der Waals surface area (Å²) in [6.45, 7) is 2.56. The Labute approximate surface area is 171 Å². The Morgan fingerprint density at radius 2 is 2.04 bits per heavy atom. The molecular formula is C23H27NO3S. The normalized spacial score (nSPS) is 23.4. The van der Waals surface area contributed by atoms with Crippen LogP contribution in [0.2, 0.25) is 0 Å². The minimum absolute atomic E-state index is 0.201. The summed E-state index contributed by atoms with van der Waals surface area (Å²) in [5, 5.41) is 10.3. The van der Waals surface area contributed by atoms with Crippen molar-refractivity contribution in [2.24, 2.45) is 4.99 Å². The highest BCUT2D eigenvalue weighted by molar-refractivity contribution is 7.98. The van der Waals surface area contributed by atoms with Crippen LogP contribution >= 0.6 is 11.8 Å². The number of methoxy groups -OCH3 is 1. The first-order valence-corrected chi connectivity index (χ1v) is 11.1. The van der Waals surface area contributed by atoms with Gasteiger partial charge in [0.25, 0.3) is 0 Å². The van der Waals surface area contributed by atoms with Crippen molar-refractivity contribution in [3.63, 3.8) is 0 Å². The van der Waals surface area contributed by atoms with Crippen LogP contribution in [0.25, 0.3) is 0 Å². The number of thioether (sulfide) groups is 1. The first kappa shape index (κ1) is 19.3. The van der Waals surface area contributed by atoms with Gasteiger partial charge in [0.1, 0.15) is 0 Å². The number of nitrogens with zero attached hydrogens (tertiary/aromatic N) is 1. The fourth-order valence-corrected chi connectivity index (χ4v) is 4.83. The third kappa shape index (κ3) is 3.53. The summed E-state index contributed by atoms with van der Waals surface area (Å²) in [5.74, 6) is 1.71. The van der Waals surface area contributed by atoms with Gasteiger partial charge in [-0.15, -0.1) is 11.8 Å². The van der Waals surface area contributed by atoms with Gasteiger partial charge in [-0.05, 0) is 62.3 Å². The summed E-state index contributed by atoms with van der Waals surface area (Å²) >= 11 is 1.74. The molecule has 0 spiro atoms. The van der Waals surface area contributed by atoms with Gasteiger partial charge in [-0.3, -0.25) is 4.99 Å². The van der Waals surface area contributed by atoms with Crippen LogP contribution in [-0.4, -0.2) is 42.9 Å². The van der Waals surface area contributed by atoms with Crippen molar-refractivity contribution < 1.29 is 14.6 Å². The van der Waals surface area contributed by atoms with E-state index in [1.54, 1.807) is 18.9 Å². The SMILES string of the molecule is CCOc1cc2c(cc1OC)C(c1cccc(SC)c1)=N[C@@H]1CC[C@@H](O)C[C@H]21. The maximum absolute atomic E-state index is 10.3. The van der Waals surface area contributed by atoms with Crippen molar-refractivity contribution in [1.82, 2.24) is 0 Å². The predicted molar refractivity (Wildman–Crippen MR) is 114 cm³/mol. The van der Waals surface area contributed by atoms with Gasteiger partial charge >= 0.3 is 0 Å². The van der Waals surface area contributed by atoms with Gasteiger partial charge in [-0.1, -0.05) is 12.1 Å². The number of rotatable bonds is 5. The monoisotopic (exact) mass is 397 g/mol. The summed E-state index contributed by atoms with van der Waals surface area (Å²) in [7, 11) is 1.67. The Hall–Kier alpha value is -1.98. The standard InChI is InChI=1S/C23H27NO3S/c1-4-27-22-12-17-18-11-15(25)8-9-20(18)24-23(19(17)13-21(22)26-2)14-6-5-7-16(10-14)28-3/h5-7,10,12-13,15,18,20,25H,4,8-9,11H2,1-3H3/t15-,18-,20-/m1/s1. The summed E-state index contributed by atoms with van der Waals surface area (Å²) < 4.78 is 11.5. The van der Waals surface area contributed by atoms with Crippen LogP contribution in [0.5, 0.6) is 11.5 Å². The molecule has 1 heterocycles. The van der Waals surface area contributed by atoms with E-state index in [1.807, 2.05) is 6.92 Å². The Morgan fingerprint density at radius 1 is 1.18 bits per heavy atom. The molecule has 0 radical (unpaired) electrons. The second-order valence-electron chi connectivity index (χ2n) is 7.37. The molecule has 4 rings (SSSR count). The zero-order valence-electron chi connectivity index (χ0n) is 16.6. The van der Waals surface area contributed by atoms with E-state index >= 15 is 0 Å². The Morgan fingerprint density at radius 3 is 2.79 bits per heavy atom. The van der Waals surface area contributed by atoms with E-state index in [0.29, 0.717) is 6.61 Å². The quantitative estimate of drug-likeness (QED) is 0.746. The molecule has 4 nitrogen and oxygen atoms in total. The van der Waals surface area contributed by atoms with Crippen LogP contribution in [-0.2, 0) is 0 Å². The van der Waals surface area contributed by atoms with E-state index < -0.39 is 0 Å². The molecule has 2 aromatic carbocycles. The molecule has 3 atom stereocenters. The molecule has 1 fully saturated rings. The molecule has 0 aromatic heterocycles. The first-order valence-electron chi connectivity index (χ1n) is 9.90. The highest BCUT2D eigenvalue weighted by Crippen LogP contribution is 2.45. The van der Waals surface area contributed by atoms with Gasteiger partial charge in [0.15, 0.2) is 11.5 Å². The molecule has 1 aliphatic heterocycles. The summed E-state index contributed by atoms with van der Waals surface area (Å²) in [4.78, 5) is 6.40. The van der Waals surface area contributed by atoms with E-state index in [9.17, 15) is 5.11 Å². The number of benzene rings is 2. The molecule has 0 unspecified atom stereocenters. The molecule has 2 aliphatic rings. The van der Waals surface area contributed by atoms with E-state index in [0.717, 1.165) is 47.6 Å². The van der Waals surface area contributed by atoms with Crippen molar-refractivity contribution >= 4 is 17.5 Å². The first-order chi connectivity index (χ1) is 13.6. The molecule has 0 amide bonds. The lowest BCUT2D eigenvalue weighted by Crippen LogP contribution is -2.34. The highest BCUT2D eigenvalue weighted by Gasteiger charge is 2.37. The minimum Gasteiger partial charge on any atom is -0.493 e. The van der Waals surface area contributed by atoms with Crippen molar-refractivity contribution in [3.8, 4) is 11.5 Å². The molecule has 148 valence electrons. The van der Waals surface area contributed by atoms with Crippen LogP contribution < -0.4 is 9.47 Å². The number of aliphatic hydroxyl groups is 1. The van der Waals surface area contributed by atoms with Crippen molar-refractivity contribution in [1.29, 1.82) is 0 Å². The van der Waals surface area contributed by atoms with Gasteiger partial charge in [0.2, 0.25) is 0 Å². The molecular weight excluding hydrogens is 370 g/mol. The molecule has 0 bridgehead atoms. The molecule has 1 saturated carbocycles. The lowest BCUT2D eigenvalue weighted by molar-refractivity contribution is 0.111. The number of hydrogen-bond donors (Lipinski definition) is 1. The van der Waals surface area contributed by atoms with E-state index in [4.69, 9.17) is 14.5 Å². The van der Waals surface area contributed by atoms with Crippen LogP contribution in [0.1, 0.15) is 48.8 Å². The molecule has 28 heavy (non-hydrogen) atoms. The third-order valence-corrected chi connectivity index (χ3v) is 6.44. The van der Waals surface area contributed by atoms with E-state index in [-0.39, 0.29) is 18.1 Å². The molecule has 5 heteroatoms. The highest BCUT2D eigenvalue weighted by atomic mass is 32.2. The van der Waals surface area contributed by atoms with Crippen LogP contribution in [0.4, 0.5) is 0 Å². The van der Waals surface area contributed by atoms with Crippen LogP contribution in [0, 0.1) is 0 Å². The summed E-state index contributed by atoms with van der Waals surface area (Å²) in [6.07, 6.45) is 4.30. The smallest absolute Gasteiger partial charge is 0.161 e. The third-order valence-electron chi connectivity index (χ3n) is 5.71.